The Bertz CT molecular complexity index is 1270. The van der Waals surface area contributed by atoms with Crippen LogP contribution in [0.4, 0.5) is 9.59 Å². The number of primary amides is 1. The third kappa shape index (κ3) is 14.2. The van der Waals surface area contributed by atoms with Gasteiger partial charge in [-0.1, -0.05) is 43.2 Å². The summed E-state index contributed by atoms with van der Waals surface area (Å²) < 4.78 is 5.77. The lowest BCUT2D eigenvalue weighted by Crippen LogP contribution is -2.48. The van der Waals surface area contributed by atoms with Crippen LogP contribution in [0, 0.1) is 0 Å². The van der Waals surface area contributed by atoms with Crippen molar-refractivity contribution in [2.24, 2.45) is 5.73 Å². The van der Waals surface area contributed by atoms with E-state index in [1.165, 1.54) is 6.07 Å². The molecule has 3 rings (SSSR count). The number of aryl methyl sites for hydroxylation is 1. The number of imide groups is 1. The van der Waals surface area contributed by atoms with Crippen molar-refractivity contribution < 1.29 is 44.3 Å². The van der Waals surface area contributed by atoms with Crippen molar-refractivity contribution in [1.29, 1.82) is 0 Å². The molecular weight excluding hydrogens is 598 g/mol. The lowest BCUT2D eigenvalue weighted by molar-refractivity contribution is -0.134. The number of aliphatic hydroxyl groups is 2. The van der Waals surface area contributed by atoms with Crippen LogP contribution >= 0.6 is 0 Å². The number of hydrogen-bond acceptors (Lipinski definition) is 9. The maximum atomic E-state index is 12.4. The first-order valence-corrected chi connectivity index (χ1v) is 15.4. The SMILES string of the molecule is CC(=O)O.NC(=O)NC1NC(=O)N(Cc2cccc(CCCCOCCCCCCNC[C@H](O)c3ccc(O)c(CO)c3)c2)C1=O. The molecule has 0 spiro atoms. The summed E-state index contributed by atoms with van der Waals surface area (Å²) in [4.78, 5) is 45.6. The first kappa shape index (κ1) is 37.9. The Labute approximate surface area is 268 Å². The minimum atomic E-state index is -1.14. The van der Waals surface area contributed by atoms with E-state index in [2.05, 4.69) is 16.0 Å². The number of ether oxygens (including phenoxy) is 1. The molecule has 0 bridgehead atoms. The van der Waals surface area contributed by atoms with E-state index < -0.39 is 36.2 Å². The molecule has 9 N–H and O–H groups in total. The van der Waals surface area contributed by atoms with Gasteiger partial charge in [0.05, 0.1) is 19.3 Å². The first-order valence-electron chi connectivity index (χ1n) is 15.4. The minimum Gasteiger partial charge on any atom is -0.508 e. The molecule has 0 aliphatic carbocycles. The Hall–Kier alpha value is -4.24. The molecule has 2 aromatic carbocycles. The highest BCUT2D eigenvalue weighted by Crippen LogP contribution is 2.22. The second kappa shape index (κ2) is 20.7. The van der Waals surface area contributed by atoms with E-state index in [-0.39, 0.29) is 18.9 Å². The summed E-state index contributed by atoms with van der Waals surface area (Å²) >= 11 is 0. The van der Waals surface area contributed by atoms with Crippen LogP contribution in [0.25, 0.3) is 0 Å². The van der Waals surface area contributed by atoms with Gasteiger partial charge in [-0.25, -0.2) is 9.59 Å². The number of carbonyl (C=O) groups excluding carboxylic acids is 3. The molecule has 1 heterocycles. The lowest BCUT2D eigenvalue weighted by atomic mass is 10.1. The van der Waals surface area contributed by atoms with Gasteiger partial charge in [0, 0.05) is 32.2 Å². The molecule has 1 aliphatic heterocycles. The third-order valence-corrected chi connectivity index (χ3v) is 7.04. The number of carboxylic acids is 1. The van der Waals surface area contributed by atoms with Crippen molar-refractivity contribution in [2.45, 2.75) is 77.3 Å². The summed E-state index contributed by atoms with van der Waals surface area (Å²) in [5, 5.41) is 44.4. The lowest BCUT2D eigenvalue weighted by Gasteiger charge is -2.14. The molecule has 46 heavy (non-hydrogen) atoms. The summed E-state index contributed by atoms with van der Waals surface area (Å²) in [6.07, 6.45) is 5.08. The Morgan fingerprint density at radius 1 is 1.02 bits per heavy atom. The van der Waals surface area contributed by atoms with E-state index in [0.29, 0.717) is 24.3 Å². The van der Waals surface area contributed by atoms with Crippen molar-refractivity contribution in [1.82, 2.24) is 20.9 Å². The summed E-state index contributed by atoms with van der Waals surface area (Å²) in [5.41, 5.74) is 8.06. The maximum absolute atomic E-state index is 12.4. The van der Waals surface area contributed by atoms with Gasteiger partial charge in [0.2, 0.25) is 0 Å². The minimum absolute atomic E-state index is 0.0249. The Morgan fingerprint density at radius 2 is 1.70 bits per heavy atom. The number of aliphatic carboxylic acids is 1. The molecule has 0 saturated carbocycles. The Morgan fingerprint density at radius 3 is 2.39 bits per heavy atom. The average molecular weight is 646 g/mol. The van der Waals surface area contributed by atoms with Crippen LogP contribution in [0.1, 0.15) is 73.8 Å². The average Bonchev–Trinajstić information content (AvgIpc) is 3.26. The molecule has 1 unspecified atom stereocenters. The topological polar surface area (TPSA) is 224 Å². The van der Waals surface area contributed by atoms with Gasteiger partial charge < -0.3 is 46.8 Å². The monoisotopic (exact) mass is 645 g/mol. The molecule has 5 amide bonds. The molecule has 1 aliphatic rings. The number of unbranched alkanes of at least 4 members (excludes halogenated alkanes) is 4. The molecule has 2 atom stereocenters. The molecule has 2 aromatic rings. The van der Waals surface area contributed by atoms with Gasteiger partial charge in [0.1, 0.15) is 5.75 Å². The number of carboxylic acid groups (broad SMARTS) is 1. The van der Waals surface area contributed by atoms with Gasteiger partial charge in [0.25, 0.3) is 11.9 Å². The van der Waals surface area contributed by atoms with Gasteiger partial charge in [0.15, 0.2) is 6.17 Å². The quantitative estimate of drug-likeness (QED) is 0.0822. The number of nitrogens with two attached hydrogens (primary N) is 1. The Kier molecular flexibility index (Phi) is 17.1. The summed E-state index contributed by atoms with van der Waals surface area (Å²) in [6.45, 7) is 3.57. The number of hydrogen-bond donors (Lipinski definition) is 8. The van der Waals surface area contributed by atoms with Gasteiger partial charge in [-0.15, -0.1) is 0 Å². The summed E-state index contributed by atoms with van der Waals surface area (Å²) in [7, 11) is 0. The van der Waals surface area contributed by atoms with Crippen LogP contribution in [0.3, 0.4) is 0 Å². The number of benzene rings is 2. The zero-order valence-electron chi connectivity index (χ0n) is 26.2. The van der Waals surface area contributed by atoms with E-state index in [1.54, 1.807) is 12.1 Å². The molecule has 14 nitrogen and oxygen atoms in total. The zero-order chi connectivity index (χ0) is 33.9. The summed E-state index contributed by atoms with van der Waals surface area (Å²) in [6, 6.07) is 11.1. The predicted molar refractivity (Wildman–Crippen MR) is 169 cm³/mol. The number of carbonyl (C=O) groups is 4. The second-order valence-corrected chi connectivity index (χ2v) is 10.9. The molecule has 14 heteroatoms. The van der Waals surface area contributed by atoms with Crippen LogP contribution in [-0.4, -0.2) is 81.7 Å². The Balaban J connectivity index is 0.00000173. The third-order valence-electron chi connectivity index (χ3n) is 7.04. The molecule has 1 saturated heterocycles. The van der Waals surface area contributed by atoms with E-state index in [4.69, 9.17) is 20.4 Å². The smallest absolute Gasteiger partial charge is 0.326 e. The molecule has 254 valence electrons. The van der Waals surface area contributed by atoms with Crippen LogP contribution in [0.15, 0.2) is 42.5 Å². The number of aromatic hydroxyl groups is 1. The van der Waals surface area contributed by atoms with Crippen molar-refractivity contribution >= 4 is 23.9 Å². The van der Waals surface area contributed by atoms with E-state index in [0.717, 1.165) is 81.0 Å². The van der Waals surface area contributed by atoms with Gasteiger partial charge in [-0.2, -0.15) is 0 Å². The fourth-order valence-corrected chi connectivity index (χ4v) is 4.71. The van der Waals surface area contributed by atoms with Crippen molar-refractivity contribution in [2.75, 3.05) is 26.3 Å². The number of phenols is 1. The van der Waals surface area contributed by atoms with Gasteiger partial charge >= 0.3 is 12.1 Å². The molecule has 0 radical (unpaired) electrons. The van der Waals surface area contributed by atoms with Crippen molar-refractivity contribution in [3.8, 4) is 5.75 Å². The van der Waals surface area contributed by atoms with E-state index in [9.17, 15) is 29.7 Å². The number of nitrogens with one attached hydrogen (secondary N) is 3. The highest BCUT2D eigenvalue weighted by atomic mass is 16.5. The van der Waals surface area contributed by atoms with Crippen LogP contribution in [-0.2, 0) is 33.9 Å². The largest absolute Gasteiger partial charge is 0.508 e. The number of amides is 5. The number of nitrogens with zero attached hydrogens (tertiary/aromatic N) is 1. The van der Waals surface area contributed by atoms with Crippen molar-refractivity contribution in [3.05, 3.63) is 64.7 Å². The number of aliphatic hydroxyl groups excluding tert-OH is 2. The maximum Gasteiger partial charge on any atom is 0.326 e. The van der Waals surface area contributed by atoms with E-state index in [1.807, 2.05) is 24.3 Å². The highest BCUT2D eigenvalue weighted by Gasteiger charge is 2.38. The van der Waals surface area contributed by atoms with Crippen LogP contribution in [0.5, 0.6) is 5.75 Å². The molecular formula is C32H47N5O9. The fraction of sp³-hybridized carbons (Fsp3) is 0.500. The van der Waals surface area contributed by atoms with Crippen LogP contribution in [0.2, 0.25) is 0 Å². The zero-order valence-corrected chi connectivity index (χ0v) is 26.2. The molecule has 0 aromatic heterocycles. The number of rotatable bonds is 19. The standard InChI is InChI=1S/C30H43N5O7.C2H4O2/c31-29(40)33-27-28(39)35(30(41)34-27)19-22-10-7-9-21(16-22)8-3-6-15-42-14-5-2-1-4-13-32-18-26(38)23-11-12-25(37)24(17-23)20-36;1-2(3)4/h7,9-12,16-17,26-27,32,36-38H,1-6,8,13-15,18-20H2,(H,34,41)(H3,31,33,40);1H3,(H,3,4)/t26-,27?;/m0./s1. The van der Waals surface area contributed by atoms with Crippen LogP contribution < -0.4 is 21.7 Å². The normalized spacial score (nSPS) is 14.8. The van der Waals surface area contributed by atoms with Gasteiger partial charge in [-0.05, 0) is 67.5 Å². The highest BCUT2D eigenvalue weighted by molar-refractivity contribution is 6.05. The van der Waals surface area contributed by atoms with E-state index >= 15 is 0 Å². The second-order valence-electron chi connectivity index (χ2n) is 10.9. The summed E-state index contributed by atoms with van der Waals surface area (Å²) in [5.74, 6) is -1.35. The van der Waals surface area contributed by atoms with Gasteiger partial charge in [-0.3, -0.25) is 14.5 Å². The number of urea groups is 2. The molecule has 1 fully saturated rings. The predicted octanol–water partition coefficient (Wildman–Crippen LogP) is 2.24. The van der Waals surface area contributed by atoms with Crippen molar-refractivity contribution in [3.63, 3.8) is 0 Å². The fourth-order valence-electron chi connectivity index (χ4n) is 4.71. The first-order chi connectivity index (χ1) is 22.0.